The molecule has 3 rings (SSSR count). The molecular formula is C22H24FN3O4. The highest BCUT2D eigenvalue weighted by atomic mass is 19.1. The van der Waals surface area contributed by atoms with Crippen molar-refractivity contribution < 1.29 is 23.9 Å². The first-order chi connectivity index (χ1) is 14.3. The first kappa shape index (κ1) is 21.3. The predicted molar refractivity (Wildman–Crippen MR) is 112 cm³/mol. The van der Waals surface area contributed by atoms with Crippen LogP contribution in [-0.2, 0) is 9.59 Å². The van der Waals surface area contributed by atoms with Gasteiger partial charge >= 0.3 is 5.97 Å². The second-order valence-electron chi connectivity index (χ2n) is 7.33. The molecule has 0 bridgehead atoms. The van der Waals surface area contributed by atoms with Crippen LogP contribution in [0.4, 0.5) is 10.1 Å². The van der Waals surface area contributed by atoms with Crippen LogP contribution in [0.1, 0.15) is 58.6 Å². The molecule has 0 spiro atoms. The smallest absolute Gasteiger partial charge is 0.303 e. The lowest BCUT2D eigenvalue weighted by atomic mass is 10.0. The zero-order valence-electron chi connectivity index (χ0n) is 16.9. The molecular weight excluding hydrogens is 389 g/mol. The lowest BCUT2D eigenvalue weighted by Gasteiger charge is -2.06. The van der Waals surface area contributed by atoms with E-state index in [-0.39, 0.29) is 18.2 Å². The van der Waals surface area contributed by atoms with Crippen LogP contribution in [0.25, 0.3) is 11.6 Å². The van der Waals surface area contributed by atoms with Gasteiger partial charge < -0.3 is 20.7 Å². The number of carboxylic acids is 1. The number of unbranched alkanes of at least 4 members (excludes halogenated alkanes) is 2. The molecule has 0 fully saturated rings. The molecule has 4 N–H and O–H groups in total. The maximum atomic E-state index is 13.6. The van der Waals surface area contributed by atoms with E-state index in [1.54, 1.807) is 19.9 Å². The molecule has 0 saturated carbocycles. The molecule has 0 unspecified atom stereocenters. The van der Waals surface area contributed by atoms with Gasteiger partial charge in [-0.25, -0.2) is 4.39 Å². The fraction of sp³-hybridized carbons (Fsp3) is 0.318. The van der Waals surface area contributed by atoms with Crippen molar-refractivity contribution in [2.75, 3.05) is 11.9 Å². The summed E-state index contributed by atoms with van der Waals surface area (Å²) in [4.78, 5) is 38.6. The van der Waals surface area contributed by atoms with Gasteiger partial charge in [-0.3, -0.25) is 14.4 Å². The Kier molecular flexibility index (Phi) is 6.34. The van der Waals surface area contributed by atoms with E-state index in [2.05, 4.69) is 15.6 Å². The molecule has 158 valence electrons. The molecule has 1 aromatic heterocycles. The number of H-pyrrole nitrogens is 1. The van der Waals surface area contributed by atoms with E-state index in [1.165, 1.54) is 18.2 Å². The van der Waals surface area contributed by atoms with E-state index >= 15 is 0 Å². The molecule has 2 heterocycles. The summed E-state index contributed by atoms with van der Waals surface area (Å²) in [6.45, 7) is 4.02. The zero-order chi connectivity index (χ0) is 21.8. The summed E-state index contributed by atoms with van der Waals surface area (Å²) in [6, 6.07) is 4.12. The highest BCUT2D eigenvalue weighted by molar-refractivity contribution is 6.34. The number of anilines is 1. The lowest BCUT2D eigenvalue weighted by molar-refractivity contribution is -0.137. The minimum Gasteiger partial charge on any atom is -0.481 e. The van der Waals surface area contributed by atoms with Gasteiger partial charge in [0.2, 0.25) is 0 Å². The topological polar surface area (TPSA) is 111 Å². The zero-order valence-corrected chi connectivity index (χ0v) is 16.9. The summed E-state index contributed by atoms with van der Waals surface area (Å²) in [7, 11) is 0. The Hall–Kier alpha value is -3.42. The number of amides is 2. The fourth-order valence-corrected chi connectivity index (χ4v) is 3.58. The van der Waals surface area contributed by atoms with Gasteiger partial charge in [-0.1, -0.05) is 6.42 Å². The first-order valence-corrected chi connectivity index (χ1v) is 9.80. The van der Waals surface area contributed by atoms with Crippen LogP contribution in [0.5, 0.6) is 0 Å². The van der Waals surface area contributed by atoms with Gasteiger partial charge in [0, 0.05) is 35.6 Å². The molecule has 1 aliphatic heterocycles. The number of hydrogen-bond donors (Lipinski definition) is 4. The fourth-order valence-electron chi connectivity index (χ4n) is 3.58. The first-order valence-electron chi connectivity index (χ1n) is 9.80. The summed E-state index contributed by atoms with van der Waals surface area (Å²) < 4.78 is 13.6. The number of aryl methyl sites for hydroxylation is 1. The monoisotopic (exact) mass is 413 g/mol. The van der Waals surface area contributed by atoms with Crippen LogP contribution >= 0.6 is 0 Å². The van der Waals surface area contributed by atoms with Gasteiger partial charge in [0.05, 0.1) is 11.1 Å². The van der Waals surface area contributed by atoms with Gasteiger partial charge in [-0.05, 0) is 56.5 Å². The molecule has 1 aromatic carbocycles. The molecule has 7 nitrogen and oxygen atoms in total. The number of carbonyl (C=O) groups excluding carboxylic acids is 2. The number of carbonyl (C=O) groups is 3. The maximum Gasteiger partial charge on any atom is 0.303 e. The normalized spacial score (nSPS) is 14.0. The third-order valence-corrected chi connectivity index (χ3v) is 5.11. The van der Waals surface area contributed by atoms with E-state index in [9.17, 15) is 18.8 Å². The number of aliphatic carboxylic acids is 1. The number of hydrogen-bond acceptors (Lipinski definition) is 3. The Morgan fingerprint density at radius 3 is 2.70 bits per heavy atom. The van der Waals surface area contributed by atoms with Crippen molar-refractivity contribution in [1.82, 2.24) is 10.3 Å². The standard InChI is InChI=1S/C22H24FN3O4/c1-12-18(11-16-15-10-14(23)7-8-17(15)26-21(16)29)25-13(2)20(12)22(30)24-9-5-3-4-6-19(27)28/h7-8,10-11,25H,3-6,9H2,1-2H3,(H,24,30)(H,26,29)(H,27,28). The van der Waals surface area contributed by atoms with E-state index in [0.717, 1.165) is 6.42 Å². The number of aromatic amines is 1. The number of carboxylic acid groups (broad SMARTS) is 1. The van der Waals surface area contributed by atoms with E-state index in [4.69, 9.17) is 5.11 Å². The molecule has 0 radical (unpaired) electrons. The SMILES string of the molecule is Cc1[nH]c(C=C2C(=O)Nc3ccc(F)cc32)c(C)c1C(=O)NCCCCCC(=O)O. The average molecular weight is 413 g/mol. The minimum absolute atomic E-state index is 0.128. The summed E-state index contributed by atoms with van der Waals surface area (Å²) >= 11 is 0. The molecule has 0 atom stereocenters. The van der Waals surface area contributed by atoms with Crippen LogP contribution in [0.2, 0.25) is 0 Å². The predicted octanol–water partition coefficient (Wildman–Crippen LogP) is 3.64. The Balaban J connectivity index is 1.73. The maximum absolute atomic E-state index is 13.6. The second kappa shape index (κ2) is 8.94. The summed E-state index contributed by atoms with van der Waals surface area (Å²) in [5, 5.41) is 14.2. The van der Waals surface area contributed by atoms with Crippen LogP contribution < -0.4 is 10.6 Å². The minimum atomic E-state index is -0.819. The van der Waals surface area contributed by atoms with Crippen LogP contribution in [0, 0.1) is 19.7 Å². The molecule has 0 aliphatic carbocycles. The Morgan fingerprint density at radius 2 is 1.97 bits per heavy atom. The lowest BCUT2D eigenvalue weighted by Crippen LogP contribution is -2.25. The van der Waals surface area contributed by atoms with Crippen molar-refractivity contribution >= 4 is 35.1 Å². The van der Waals surface area contributed by atoms with E-state index in [0.29, 0.717) is 58.7 Å². The van der Waals surface area contributed by atoms with Gasteiger partial charge in [-0.15, -0.1) is 0 Å². The van der Waals surface area contributed by atoms with E-state index in [1.807, 2.05) is 0 Å². The van der Waals surface area contributed by atoms with Gasteiger partial charge in [0.25, 0.3) is 11.8 Å². The average Bonchev–Trinajstić information content (AvgIpc) is 3.13. The van der Waals surface area contributed by atoms with Crippen LogP contribution in [0.15, 0.2) is 18.2 Å². The number of rotatable bonds is 8. The van der Waals surface area contributed by atoms with Crippen molar-refractivity contribution in [3.8, 4) is 0 Å². The number of benzene rings is 1. The molecule has 30 heavy (non-hydrogen) atoms. The van der Waals surface area contributed by atoms with E-state index < -0.39 is 11.8 Å². The Bertz CT molecular complexity index is 1040. The number of aromatic nitrogens is 1. The van der Waals surface area contributed by atoms with Crippen LogP contribution in [0.3, 0.4) is 0 Å². The number of fused-ring (bicyclic) bond motifs is 1. The molecule has 0 saturated heterocycles. The van der Waals surface area contributed by atoms with Crippen molar-refractivity contribution in [3.05, 3.63) is 52.1 Å². The summed E-state index contributed by atoms with van der Waals surface area (Å²) in [5.74, 6) is -1.81. The number of nitrogens with one attached hydrogen (secondary N) is 3. The van der Waals surface area contributed by atoms with Gasteiger partial charge in [0.1, 0.15) is 5.82 Å². The highest BCUT2D eigenvalue weighted by Gasteiger charge is 2.26. The summed E-state index contributed by atoms with van der Waals surface area (Å²) in [6.07, 6.45) is 3.75. The third-order valence-electron chi connectivity index (χ3n) is 5.11. The molecule has 8 heteroatoms. The van der Waals surface area contributed by atoms with Crippen molar-refractivity contribution in [2.45, 2.75) is 39.5 Å². The Labute approximate surface area is 173 Å². The van der Waals surface area contributed by atoms with Crippen molar-refractivity contribution in [2.24, 2.45) is 0 Å². The molecule has 1 aliphatic rings. The molecule has 2 amide bonds. The van der Waals surface area contributed by atoms with Crippen molar-refractivity contribution in [3.63, 3.8) is 0 Å². The third kappa shape index (κ3) is 4.59. The van der Waals surface area contributed by atoms with Gasteiger partial charge in [0.15, 0.2) is 0 Å². The molecule has 2 aromatic rings. The van der Waals surface area contributed by atoms with Gasteiger partial charge in [-0.2, -0.15) is 0 Å². The summed E-state index contributed by atoms with van der Waals surface area (Å²) in [5.41, 5.74) is 3.85. The quantitative estimate of drug-likeness (QED) is 0.391. The Morgan fingerprint density at radius 1 is 1.20 bits per heavy atom. The highest BCUT2D eigenvalue weighted by Crippen LogP contribution is 2.34. The van der Waals surface area contributed by atoms with Crippen LogP contribution in [-0.4, -0.2) is 34.4 Å². The second-order valence-corrected chi connectivity index (χ2v) is 7.33. The number of halogens is 1. The van der Waals surface area contributed by atoms with Crippen molar-refractivity contribution in [1.29, 1.82) is 0 Å². The largest absolute Gasteiger partial charge is 0.481 e.